The van der Waals surface area contributed by atoms with Crippen molar-refractivity contribution >= 4 is 17.8 Å². The number of hydrogen-bond acceptors (Lipinski definition) is 1. The van der Waals surface area contributed by atoms with Crippen LogP contribution in [0.25, 0.3) is 0 Å². The molecular weight excluding hydrogens is 366 g/mol. The normalized spacial score (nSPS) is 12.5. The minimum absolute atomic E-state index is 0.301. The van der Waals surface area contributed by atoms with Crippen LogP contribution in [-0.2, 0) is 4.57 Å². The van der Waals surface area contributed by atoms with E-state index in [4.69, 9.17) is 0 Å². The van der Waals surface area contributed by atoms with Crippen LogP contribution in [0.5, 0.6) is 0 Å². The Morgan fingerprint density at radius 3 is 1.39 bits per heavy atom. The fourth-order valence-corrected chi connectivity index (χ4v) is 6.95. The lowest BCUT2D eigenvalue weighted by molar-refractivity contribution is 0.582. The second-order valence-electron chi connectivity index (χ2n) is 6.69. The lowest BCUT2D eigenvalue weighted by Gasteiger charge is -2.30. The summed E-state index contributed by atoms with van der Waals surface area (Å²) in [7, 11) is -3.12. The predicted octanol–water partition coefficient (Wildman–Crippen LogP) is 5.93. The van der Waals surface area contributed by atoms with Gasteiger partial charge in [-0.05, 0) is 23.3 Å². The Morgan fingerprint density at radius 1 is 0.536 bits per heavy atom. The zero-order valence-electron chi connectivity index (χ0n) is 15.3. The molecule has 0 aromatic heterocycles. The fourth-order valence-electron chi connectivity index (χ4n) is 3.64. The summed E-state index contributed by atoms with van der Waals surface area (Å²) in [5.74, 6) is -0.301. The van der Waals surface area contributed by atoms with Crippen molar-refractivity contribution in [3.63, 3.8) is 0 Å². The zero-order valence-corrected chi connectivity index (χ0v) is 16.2. The molecule has 0 N–H and O–H groups in total. The Balaban J connectivity index is 2.02. The molecule has 3 heteroatoms. The molecule has 0 fully saturated rings. The highest BCUT2D eigenvalue weighted by molar-refractivity contribution is 7.79. The number of rotatable bonds is 5. The average Bonchev–Trinajstić information content (AvgIpc) is 2.77. The van der Waals surface area contributed by atoms with Crippen LogP contribution in [0, 0.1) is 5.82 Å². The van der Waals surface area contributed by atoms with Crippen molar-refractivity contribution in [2.45, 2.75) is 5.66 Å². The van der Waals surface area contributed by atoms with Crippen molar-refractivity contribution in [2.75, 3.05) is 0 Å². The van der Waals surface area contributed by atoms with E-state index >= 15 is 0 Å². The Kier molecular flexibility index (Phi) is 5.23. The van der Waals surface area contributed by atoms with Crippen molar-refractivity contribution in [3.8, 4) is 0 Å². The Bertz CT molecular complexity index is 1030. The predicted molar refractivity (Wildman–Crippen MR) is 114 cm³/mol. The third kappa shape index (κ3) is 3.44. The maximum atomic E-state index is 14.9. The summed E-state index contributed by atoms with van der Waals surface area (Å²) in [6, 6.07) is 35.4. The van der Waals surface area contributed by atoms with E-state index in [1.807, 2.05) is 91.0 Å². The van der Waals surface area contributed by atoms with E-state index in [-0.39, 0.29) is 5.82 Å². The molecule has 0 radical (unpaired) electrons. The molecule has 0 heterocycles. The van der Waals surface area contributed by atoms with Crippen LogP contribution < -0.4 is 10.6 Å². The first-order chi connectivity index (χ1) is 13.7. The molecule has 0 aliphatic heterocycles. The van der Waals surface area contributed by atoms with Crippen LogP contribution in [0.4, 0.5) is 4.39 Å². The molecular formula is C25H20FOP. The SMILES string of the molecule is O=P(c1ccccc1)(c1ccccc1)C(c1ccccc1)c1ccc(F)cc1. The molecule has 28 heavy (non-hydrogen) atoms. The highest BCUT2D eigenvalue weighted by Crippen LogP contribution is 2.60. The van der Waals surface area contributed by atoms with Crippen molar-refractivity contribution in [2.24, 2.45) is 0 Å². The summed E-state index contributed by atoms with van der Waals surface area (Å²) in [4.78, 5) is 0. The molecule has 0 aliphatic carbocycles. The Hall–Kier alpha value is -2.96. The first-order valence-electron chi connectivity index (χ1n) is 9.21. The van der Waals surface area contributed by atoms with E-state index in [9.17, 15) is 8.96 Å². The lowest BCUT2D eigenvalue weighted by Crippen LogP contribution is -2.22. The van der Waals surface area contributed by atoms with E-state index in [2.05, 4.69) is 0 Å². The highest BCUT2D eigenvalue weighted by atomic mass is 31.2. The van der Waals surface area contributed by atoms with Gasteiger partial charge in [-0.3, -0.25) is 0 Å². The first-order valence-corrected chi connectivity index (χ1v) is 11.0. The quantitative estimate of drug-likeness (QED) is 0.389. The molecule has 0 aliphatic rings. The molecule has 1 unspecified atom stereocenters. The summed E-state index contributed by atoms with van der Waals surface area (Å²) in [5.41, 5.74) is 1.38. The summed E-state index contributed by atoms with van der Waals surface area (Å²) >= 11 is 0. The van der Waals surface area contributed by atoms with E-state index in [0.29, 0.717) is 0 Å². The minimum atomic E-state index is -3.12. The molecule has 0 amide bonds. The van der Waals surface area contributed by atoms with E-state index in [1.54, 1.807) is 12.1 Å². The summed E-state index contributed by atoms with van der Waals surface area (Å²) in [6.45, 7) is 0. The molecule has 0 saturated heterocycles. The van der Waals surface area contributed by atoms with Gasteiger partial charge in [0.05, 0.1) is 5.66 Å². The van der Waals surface area contributed by atoms with Crippen molar-refractivity contribution in [1.82, 2.24) is 0 Å². The summed E-state index contributed by atoms with van der Waals surface area (Å²) in [6.07, 6.45) is 0. The van der Waals surface area contributed by atoms with Crippen LogP contribution in [0.1, 0.15) is 16.8 Å². The number of hydrogen-bond donors (Lipinski definition) is 0. The standard InChI is InChI=1S/C25H20FOP/c26-22-18-16-21(17-19-22)25(20-10-4-1-5-11-20)28(27,23-12-6-2-7-13-23)24-14-8-3-9-15-24/h1-19,25H. The second kappa shape index (κ2) is 7.96. The van der Waals surface area contributed by atoms with Gasteiger partial charge < -0.3 is 4.57 Å². The smallest absolute Gasteiger partial charge is 0.154 e. The van der Waals surface area contributed by atoms with Gasteiger partial charge in [-0.2, -0.15) is 0 Å². The molecule has 1 atom stereocenters. The van der Waals surface area contributed by atoms with Crippen molar-refractivity contribution in [1.29, 1.82) is 0 Å². The molecule has 0 spiro atoms. The number of halogens is 1. The van der Waals surface area contributed by atoms with Gasteiger partial charge in [0.2, 0.25) is 0 Å². The minimum Gasteiger partial charge on any atom is -0.313 e. The third-order valence-corrected chi connectivity index (χ3v) is 8.40. The van der Waals surface area contributed by atoms with Crippen LogP contribution in [0.15, 0.2) is 115 Å². The van der Waals surface area contributed by atoms with Gasteiger partial charge in [-0.15, -0.1) is 0 Å². The lowest BCUT2D eigenvalue weighted by atomic mass is 10.0. The van der Waals surface area contributed by atoms with Crippen LogP contribution >= 0.6 is 7.14 Å². The monoisotopic (exact) mass is 386 g/mol. The second-order valence-corrected chi connectivity index (χ2v) is 9.56. The van der Waals surface area contributed by atoms with Crippen molar-refractivity contribution in [3.05, 3.63) is 132 Å². The third-order valence-electron chi connectivity index (χ3n) is 4.94. The van der Waals surface area contributed by atoms with Gasteiger partial charge in [-0.25, -0.2) is 4.39 Å². The molecule has 0 saturated carbocycles. The topological polar surface area (TPSA) is 17.1 Å². The zero-order chi connectivity index (χ0) is 19.4. The van der Waals surface area contributed by atoms with Crippen LogP contribution in [0.2, 0.25) is 0 Å². The molecule has 138 valence electrons. The largest absolute Gasteiger partial charge is 0.313 e. The van der Waals surface area contributed by atoms with Crippen molar-refractivity contribution < 1.29 is 8.96 Å². The first kappa shape index (κ1) is 18.4. The fraction of sp³-hybridized carbons (Fsp3) is 0.0400. The molecule has 0 bridgehead atoms. The van der Waals surface area contributed by atoms with E-state index in [0.717, 1.165) is 21.7 Å². The molecule has 4 aromatic rings. The summed E-state index contributed by atoms with van der Waals surface area (Å²) in [5, 5.41) is 1.58. The van der Waals surface area contributed by atoms with Crippen LogP contribution in [-0.4, -0.2) is 0 Å². The van der Waals surface area contributed by atoms with Gasteiger partial charge in [-0.1, -0.05) is 103 Å². The molecule has 4 aromatic carbocycles. The Labute approximate surface area is 164 Å². The molecule has 4 rings (SSSR count). The Morgan fingerprint density at radius 2 is 0.929 bits per heavy atom. The van der Waals surface area contributed by atoms with Gasteiger partial charge in [0, 0.05) is 10.6 Å². The van der Waals surface area contributed by atoms with E-state index in [1.165, 1.54) is 12.1 Å². The number of benzene rings is 4. The van der Waals surface area contributed by atoms with Gasteiger partial charge in [0.15, 0.2) is 7.14 Å². The maximum Gasteiger partial charge on any atom is 0.154 e. The highest BCUT2D eigenvalue weighted by Gasteiger charge is 2.38. The summed E-state index contributed by atoms with van der Waals surface area (Å²) < 4.78 is 28.5. The van der Waals surface area contributed by atoms with E-state index < -0.39 is 12.8 Å². The van der Waals surface area contributed by atoms with Crippen LogP contribution in [0.3, 0.4) is 0 Å². The maximum absolute atomic E-state index is 14.9. The van der Waals surface area contributed by atoms with Gasteiger partial charge in [0.1, 0.15) is 5.82 Å². The van der Waals surface area contributed by atoms with Gasteiger partial charge in [0.25, 0.3) is 0 Å². The molecule has 1 nitrogen and oxygen atoms in total. The van der Waals surface area contributed by atoms with Gasteiger partial charge >= 0.3 is 0 Å². The average molecular weight is 386 g/mol.